The number of aromatic nitrogens is 1. The van der Waals surface area contributed by atoms with Gasteiger partial charge in [0.05, 0.1) is 9.99 Å². The lowest BCUT2D eigenvalue weighted by Crippen LogP contribution is -1.89. The highest BCUT2D eigenvalue weighted by molar-refractivity contribution is 9.13. The molecule has 0 saturated heterocycles. The lowest BCUT2D eigenvalue weighted by molar-refractivity contribution is 1.14. The summed E-state index contributed by atoms with van der Waals surface area (Å²) in [6.07, 6.45) is 2.82. The smallest absolute Gasteiger partial charge is 0.0746 e. The van der Waals surface area contributed by atoms with E-state index in [1.807, 2.05) is 6.20 Å². The molecule has 15 heavy (non-hydrogen) atoms. The van der Waals surface area contributed by atoms with Crippen molar-refractivity contribution in [2.24, 2.45) is 0 Å². The summed E-state index contributed by atoms with van der Waals surface area (Å²) in [5.41, 5.74) is 2.32. The maximum Gasteiger partial charge on any atom is 0.0746 e. The number of fused-ring (bicyclic) bond motifs is 1. The van der Waals surface area contributed by atoms with Crippen LogP contribution in [0.3, 0.4) is 0 Å². The summed E-state index contributed by atoms with van der Waals surface area (Å²) in [4.78, 5) is 4.46. The Kier molecular flexibility index (Phi) is 3.48. The number of pyridine rings is 1. The van der Waals surface area contributed by atoms with Gasteiger partial charge in [-0.15, -0.1) is 0 Å². The molecule has 0 fully saturated rings. The van der Waals surface area contributed by atoms with Gasteiger partial charge in [-0.1, -0.05) is 22.9 Å². The Balaban J connectivity index is 2.89. The Bertz CT molecular complexity index is 523. The highest BCUT2D eigenvalue weighted by Crippen LogP contribution is 2.33. The van der Waals surface area contributed by atoms with E-state index in [1.54, 1.807) is 0 Å². The molecule has 0 aliphatic carbocycles. The molecule has 0 N–H and O–H groups in total. The zero-order valence-electron chi connectivity index (χ0n) is 8.02. The van der Waals surface area contributed by atoms with Crippen LogP contribution in [0.4, 0.5) is 0 Å². The standard InChI is InChI=1S/C11H8Br3N/c1-2-6-3-7(12)4-8-10(14)9(13)5-15-11(6)8/h3-5H,2H2,1H3. The van der Waals surface area contributed by atoms with Gasteiger partial charge in [0, 0.05) is 20.5 Å². The summed E-state index contributed by atoms with van der Waals surface area (Å²) in [5.74, 6) is 0. The highest BCUT2D eigenvalue weighted by atomic mass is 79.9. The Morgan fingerprint density at radius 3 is 2.60 bits per heavy atom. The van der Waals surface area contributed by atoms with Crippen molar-refractivity contribution in [3.05, 3.63) is 37.3 Å². The average Bonchev–Trinajstić information content (AvgIpc) is 2.23. The highest BCUT2D eigenvalue weighted by Gasteiger charge is 2.08. The van der Waals surface area contributed by atoms with Gasteiger partial charge in [0.1, 0.15) is 0 Å². The summed E-state index contributed by atoms with van der Waals surface area (Å²) < 4.78 is 3.13. The zero-order valence-corrected chi connectivity index (χ0v) is 12.8. The van der Waals surface area contributed by atoms with Crippen LogP contribution >= 0.6 is 47.8 Å². The number of benzene rings is 1. The molecular formula is C11H8Br3N. The Labute approximate surface area is 114 Å². The molecule has 0 unspecified atom stereocenters. The molecule has 4 heteroatoms. The van der Waals surface area contributed by atoms with Gasteiger partial charge in [0.2, 0.25) is 0 Å². The minimum absolute atomic E-state index is 0.982. The topological polar surface area (TPSA) is 12.9 Å². The van der Waals surface area contributed by atoms with Crippen molar-refractivity contribution in [3.8, 4) is 0 Å². The fraction of sp³-hybridized carbons (Fsp3) is 0.182. The first kappa shape index (κ1) is 11.6. The predicted octanol–water partition coefficient (Wildman–Crippen LogP) is 5.08. The van der Waals surface area contributed by atoms with Crippen LogP contribution in [0.25, 0.3) is 10.9 Å². The van der Waals surface area contributed by atoms with Crippen LogP contribution in [-0.2, 0) is 6.42 Å². The van der Waals surface area contributed by atoms with Crippen molar-refractivity contribution >= 4 is 58.7 Å². The lowest BCUT2D eigenvalue weighted by Gasteiger charge is -2.07. The van der Waals surface area contributed by atoms with E-state index >= 15 is 0 Å². The third kappa shape index (κ3) is 2.12. The molecule has 1 aromatic carbocycles. The predicted molar refractivity (Wildman–Crippen MR) is 74.2 cm³/mol. The second-order valence-electron chi connectivity index (χ2n) is 3.23. The van der Waals surface area contributed by atoms with Crippen molar-refractivity contribution in [1.29, 1.82) is 0 Å². The normalized spacial score (nSPS) is 10.9. The Morgan fingerprint density at radius 1 is 1.20 bits per heavy atom. The zero-order chi connectivity index (χ0) is 11.0. The third-order valence-corrected chi connectivity index (χ3v) is 4.73. The molecule has 2 aromatic rings. The maximum atomic E-state index is 4.46. The molecule has 0 radical (unpaired) electrons. The van der Waals surface area contributed by atoms with Crippen molar-refractivity contribution in [2.45, 2.75) is 13.3 Å². The first-order valence-electron chi connectivity index (χ1n) is 4.55. The van der Waals surface area contributed by atoms with Gasteiger partial charge in [-0.05, 0) is 56.0 Å². The molecule has 0 spiro atoms. The average molecular weight is 394 g/mol. The van der Waals surface area contributed by atoms with E-state index in [0.29, 0.717) is 0 Å². The molecular weight excluding hydrogens is 386 g/mol. The van der Waals surface area contributed by atoms with Crippen LogP contribution < -0.4 is 0 Å². The van der Waals surface area contributed by atoms with E-state index in [-0.39, 0.29) is 0 Å². The largest absolute Gasteiger partial charge is 0.255 e. The first-order chi connectivity index (χ1) is 7.13. The quantitative estimate of drug-likeness (QED) is 0.658. The number of halogens is 3. The minimum atomic E-state index is 0.982. The molecule has 0 atom stereocenters. The van der Waals surface area contributed by atoms with Gasteiger partial charge >= 0.3 is 0 Å². The van der Waals surface area contributed by atoms with Crippen LogP contribution in [-0.4, -0.2) is 4.98 Å². The fourth-order valence-electron chi connectivity index (χ4n) is 1.55. The summed E-state index contributed by atoms with van der Waals surface area (Å²) in [6.45, 7) is 2.14. The molecule has 0 saturated carbocycles. The summed E-state index contributed by atoms with van der Waals surface area (Å²) in [5, 5.41) is 1.13. The molecule has 2 rings (SSSR count). The van der Waals surface area contributed by atoms with E-state index in [0.717, 1.165) is 30.7 Å². The Hall–Kier alpha value is 0.0700. The van der Waals surface area contributed by atoms with Crippen LogP contribution in [0.5, 0.6) is 0 Å². The number of hydrogen-bond donors (Lipinski definition) is 0. The monoisotopic (exact) mass is 391 g/mol. The maximum absolute atomic E-state index is 4.46. The van der Waals surface area contributed by atoms with E-state index < -0.39 is 0 Å². The van der Waals surface area contributed by atoms with Gasteiger partial charge < -0.3 is 0 Å². The molecule has 1 aromatic heterocycles. The van der Waals surface area contributed by atoms with Gasteiger partial charge in [0.25, 0.3) is 0 Å². The second kappa shape index (κ2) is 4.52. The molecule has 1 nitrogen and oxygen atoms in total. The summed E-state index contributed by atoms with van der Waals surface area (Å²) in [6, 6.07) is 4.20. The number of hydrogen-bond acceptors (Lipinski definition) is 1. The van der Waals surface area contributed by atoms with Crippen LogP contribution in [0.2, 0.25) is 0 Å². The van der Waals surface area contributed by atoms with E-state index in [2.05, 4.69) is 71.8 Å². The van der Waals surface area contributed by atoms with Gasteiger partial charge in [-0.2, -0.15) is 0 Å². The SMILES string of the molecule is CCc1cc(Br)cc2c(Br)c(Br)cnc12. The van der Waals surface area contributed by atoms with Crippen LogP contribution in [0.1, 0.15) is 12.5 Å². The molecule has 0 aliphatic rings. The van der Waals surface area contributed by atoms with Gasteiger partial charge in [0.15, 0.2) is 0 Å². The molecule has 0 aliphatic heterocycles. The van der Waals surface area contributed by atoms with Crippen molar-refractivity contribution < 1.29 is 0 Å². The molecule has 0 amide bonds. The van der Waals surface area contributed by atoms with Crippen LogP contribution in [0.15, 0.2) is 31.7 Å². The Morgan fingerprint density at radius 2 is 1.93 bits per heavy atom. The van der Waals surface area contributed by atoms with E-state index in [4.69, 9.17) is 0 Å². The lowest BCUT2D eigenvalue weighted by atomic mass is 10.1. The third-order valence-electron chi connectivity index (χ3n) is 2.29. The molecule has 78 valence electrons. The summed E-state index contributed by atoms with van der Waals surface area (Å²) >= 11 is 10.6. The molecule has 1 heterocycles. The van der Waals surface area contributed by atoms with Crippen molar-refractivity contribution in [1.82, 2.24) is 4.98 Å². The van der Waals surface area contributed by atoms with E-state index in [9.17, 15) is 0 Å². The first-order valence-corrected chi connectivity index (χ1v) is 6.93. The number of nitrogens with zero attached hydrogens (tertiary/aromatic N) is 1. The molecule has 0 bridgehead atoms. The van der Waals surface area contributed by atoms with Crippen molar-refractivity contribution in [2.75, 3.05) is 0 Å². The number of aryl methyl sites for hydroxylation is 1. The number of rotatable bonds is 1. The fourth-order valence-corrected chi connectivity index (χ4v) is 2.78. The minimum Gasteiger partial charge on any atom is -0.255 e. The van der Waals surface area contributed by atoms with E-state index in [1.165, 1.54) is 5.56 Å². The second-order valence-corrected chi connectivity index (χ2v) is 5.80. The van der Waals surface area contributed by atoms with Gasteiger partial charge in [-0.3, -0.25) is 4.98 Å². The summed E-state index contributed by atoms with van der Waals surface area (Å²) in [7, 11) is 0. The van der Waals surface area contributed by atoms with Gasteiger partial charge in [-0.25, -0.2) is 0 Å². The van der Waals surface area contributed by atoms with Crippen molar-refractivity contribution in [3.63, 3.8) is 0 Å². The van der Waals surface area contributed by atoms with Crippen LogP contribution in [0, 0.1) is 0 Å².